The first-order chi connectivity index (χ1) is 12.0. The Labute approximate surface area is 164 Å². The van der Waals surface area contributed by atoms with E-state index in [0.29, 0.717) is 23.0 Å². The van der Waals surface area contributed by atoms with Gasteiger partial charge in [0.2, 0.25) is 5.91 Å². The zero-order valence-electron chi connectivity index (χ0n) is 13.5. The lowest BCUT2D eigenvalue weighted by Gasteiger charge is -2.20. The van der Waals surface area contributed by atoms with E-state index in [1.165, 1.54) is 11.3 Å². The highest BCUT2D eigenvalue weighted by molar-refractivity contribution is 9.10. The van der Waals surface area contributed by atoms with E-state index >= 15 is 0 Å². The Morgan fingerprint density at radius 1 is 1.24 bits per heavy atom. The molecule has 0 saturated heterocycles. The molecule has 0 saturated carbocycles. The molecule has 1 N–H and O–H groups in total. The quantitative estimate of drug-likeness (QED) is 0.613. The smallest absolute Gasteiger partial charge is 0.251 e. The fourth-order valence-electron chi connectivity index (χ4n) is 2.18. The Balaban J connectivity index is 1.84. The van der Waals surface area contributed by atoms with E-state index < -0.39 is 0 Å². The summed E-state index contributed by atoms with van der Waals surface area (Å²) in [5.41, 5.74) is 0.562. The SMILES string of the molecule is C=CCN(Cc1ccc(Cl)s1)C(=O)CCNC(=O)c1ccc(Br)cc1. The number of carbonyl (C=O) groups is 2. The molecule has 0 bridgehead atoms. The van der Waals surface area contributed by atoms with Gasteiger partial charge in [-0.05, 0) is 36.4 Å². The first-order valence-electron chi connectivity index (χ1n) is 7.66. The van der Waals surface area contributed by atoms with Crippen LogP contribution in [0.15, 0.2) is 53.5 Å². The lowest BCUT2D eigenvalue weighted by Crippen LogP contribution is -2.34. The number of rotatable bonds is 8. The maximum atomic E-state index is 12.4. The van der Waals surface area contributed by atoms with Crippen molar-refractivity contribution in [2.75, 3.05) is 13.1 Å². The third kappa shape index (κ3) is 6.30. The van der Waals surface area contributed by atoms with Crippen molar-refractivity contribution in [2.45, 2.75) is 13.0 Å². The topological polar surface area (TPSA) is 49.4 Å². The zero-order valence-corrected chi connectivity index (χ0v) is 16.7. The average Bonchev–Trinajstić information content (AvgIpc) is 3.00. The van der Waals surface area contributed by atoms with Crippen LogP contribution in [0.2, 0.25) is 4.34 Å². The molecule has 2 aromatic rings. The number of benzene rings is 1. The fraction of sp³-hybridized carbons (Fsp3) is 0.222. The molecule has 7 heteroatoms. The molecule has 0 unspecified atom stereocenters. The molecule has 0 atom stereocenters. The molecule has 132 valence electrons. The van der Waals surface area contributed by atoms with E-state index in [2.05, 4.69) is 27.8 Å². The number of hydrogen-bond acceptors (Lipinski definition) is 3. The largest absolute Gasteiger partial charge is 0.352 e. The highest BCUT2D eigenvalue weighted by Gasteiger charge is 2.14. The van der Waals surface area contributed by atoms with Crippen molar-refractivity contribution in [3.05, 3.63) is 68.3 Å². The summed E-state index contributed by atoms with van der Waals surface area (Å²) in [4.78, 5) is 27.2. The first-order valence-corrected chi connectivity index (χ1v) is 9.65. The molecule has 0 radical (unpaired) electrons. The number of hydrogen-bond donors (Lipinski definition) is 1. The molecule has 0 fully saturated rings. The molecule has 1 aromatic carbocycles. The van der Waals surface area contributed by atoms with Gasteiger partial charge >= 0.3 is 0 Å². The van der Waals surface area contributed by atoms with Gasteiger partial charge in [0, 0.05) is 34.4 Å². The number of thiophene rings is 1. The van der Waals surface area contributed by atoms with E-state index in [4.69, 9.17) is 11.6 Å². The third-order valence-electron chi connectivity index (χ3n) is 3.41. The highest BCUT2D eigenvalue weighted by Crippen LogP contribution is 2.22. The third-order valence-corrected chi connectivity index (χ3v) is 5.15. The van der Waals surface area contributed by atoms with Gasteiger partial charge in [-0.3, -0.25) is 9.59 Å². The van der Waals surface area contributed by atoms with Gasteiger partial charge in [-0.15, -0.1) is 17.9 Å². The minimum atomic E-state index is -0.194. The molecule has 0 spiro atoms. The lowest BCUT2D eigenvalue weighted by molar-refractivity contribution is -0.131. The van der Waals surface area contributed by atoms with Crippen LogP contribution >= 0.6 is 38.9 Å². The van der Waals surface area contributed by atoms with Crippen LogP contribution in [-0.2, 0) is 11.3 Å². The summed E-state index contributed by atoms with van der Waals surface area (Å²) in [6, 6.07) is 10.8. The minimum Gasteiger partial charge on any atom is -0.352 e. The minimum absolute atomic E-state index is 0.0412. The normalized spacial score (nSPS) is 10.3. The summed E-state index contributed by atoms with van der Waals surface area (Å²) >= 11 is 10.7. The van der Waals surface area contributed by atoms with Gasteiger partial charge < -0.3 is 10.2 Å². The van der Waals surface area contributed by atoms with E-state index in [-0.39, 0.29) is 24.8 Å². The molecule has 0 aliphatic heterocycles. The van der Waals surface area contributed by atoms with Crippen molar-refractivity contribution in [2.24, 2.45) is 0 Å². The first kappa shape index (κ1) is 19.7. The second-order valence-corrected chi connectivity index (χ2v) is 8.00. The molecule has 4 nitrogen and oxygen atoms in total. The zero-order chi connectivity index (χ0) is 18.2. The van der Waals surface area contributed by atoms with Crippen LogP contribution in [0.4, 0.5) is 0 Å². The maximum absolute atomic E-state index is 12.4. The van der Waals surface area contributed by atoms with Crippen LogP contribution in [0.5, 0.6) is 0 Å². The van der Waals surface area contributed by atoms with Crippen molar-refractivity contribution >= 4 is 50.7 Å². The Morgan fingerprint density at radius 2 is 1.96 bits per heavy atom. The molecule has 1 heterocycles. The second-order valence-electron chi connectivity index (χ2n) is 5.28. The van der Waals surface area contributed by atoms with Gasteiger partial charge in [-0.25, -0.2) is 0 Å². The monoisotopic (exact) mass is 440 g/mol. The molecule has 0 aliphatic carbocycles. The van der Waals surface area contributed by atoms with Crippen LogP contribution in [-0.4, -0.2) is 29.8 Å². The molecule has 2 amide bonds. The second kappa shape index (κ2) is 9.75. The summed E-state index contributed by atoms with van der Waals surface area (Å²) in [5.74, 6) is -0.235. The Morgan fingerprint density at radius 3 is 2.56 bits per heavy atom. The highest BCUT2D eigenvalue weighted by atomic mass is 79.9. The molecule has 2 rings (SSSR count). The Kier molecular flexibility index (Phi) is 7.68. The molecular weight excluding hydrogens is 424 g/mol. The predicted octanol–water partition coefficient (Wildman–Crippen LogP) is 4.50. The van der Waals surface area contributed by atoms with Gasteiger partial charge in [0.1, 0.15) is 0 Å². The van der Waals surface area contributed by atoms with Gasteiger partial charge in [0.05, 0.1) is 10.9 Å². The molecular formula is C18H18BrClN2O2S. The molecule has 1 aromatic heterocycles. The van der Waals surface area contributed by atoms with Crippen molar-refractivity contribution in [3.8, 4) is 0 Å². The standard InChI is InChI=1S/C18H18BrClN2O2S/c1-2-11-22(12-15-7-8-16(20)25-15)17(23)9-10-21-18(24)13-3-5-14(19)6-4-13/h2-8H,1,9-12H2,(H,21,24). The van der Waals surface area contributed by atoms with Crippen LogP contribution < -0.4 is 5.32 Å². The van der Waals surface area contributed by atoms with Crippen LogP contribution in [0, 0.1) is 0 Å². The van der Waals surface area contributed by atoms with Gasteiger partial charge in [-0.2, -0.15) is 0 Å². The Hall–Kier alpha value is -1.63. The Bertz CT molecular complexity index is 746. The van der Waals surface area contributed by atoms with Crippen molar-refractivity contribution in [1.29, 1.82) is 0 Å². The van der Waals surface area contributed by atoms with Crippen molar-refractivity contribution in [3.63, 3.8) is 0 Å². The van der Waals surface area contributed by atoms with Gasteiger partial charge in [-0.1, -0.05) is 33.6 Å². The number of nitrogens with zero attached hydrogens (tertiary/aromatic N) is 1. The number of amides is 2. The maximum Gasteiger partial charge on any atom is 0.251 e. The predicted molar refractivity (Wildman–Crippen MR) is 106 cm³/mol. The summed E-state index contributed by atoms with van der Waals surface area (Å²) in [6.07, 6.45) is 1.92. The van der Waals surface area contributed by atoms with E-state index in [9.17, 15) is 9.59 Å². The van der Waals surface area contributed by atoms with Crippen LogP contribution in [0.3, 0.4) is 0 Å². The number of carbonyl (C=O) groups excluding carboxylic acids is 2. The van der Waals surface area contributed by atoms with E-state index in [1.54, 1.807) is 35.2 Å². The molecule has 25 heavy (non-hydrogen) atoms. The summed E-state index contributed by atoms with van der Waals surface area (Å²) in [6.45, 7) is 4.92. The van der Waals surface area contributed by atoms with Crippen molar-refractivity contribution < 1.29 is 9.59 Å². The number of nitrogens with one attached hydrogen (secondary N) is 1. The molecule has 0 aliphatic rings. The summed E-state index contributed by atoms with van der Waals surface area (Å²) < 4.78 is 1.61. The number of halogens is 2. The fourth-order valence-corrected chi connectivity index (χ4v) is 3.55. The van der Waals surface area contributed by atoms with Crippen LogP contribution in [0.25, 0.3) is 0 Å². The van der Waals surface area contributed by atoms with E-state index in [1.807, 2.05) is 12.1 Å². The van der Waals surface area contributed by atoms with Crippen LogP contribution in [0.1, 0.15) is 21.7 Å². The van der Waals surface area contributed by atoms with Gasteiger partial charge in [0.15, 0.2) is 0 Å². The van der Waals surface area contributed by atoms with Crippen molar-refractivity contribution in [1.82, 2.24) is 10.2 Å². The van der Waals surface area contributed by atoms with E-state index in [0.717, 1.165) is 9.35 Å². The summed E-state index contributed by atoms with van der Waals surface area (Å²) in [5, 5.41) is 2.77. The van der Waals surface area contributed by atoms with Gasteiger partial charge in [0.25, 0.3) is 5.91 Å². The average molecular weight is 442 g/mol. The summed E-state index contributed by atoms with van der Waals surface area (Å²) in [7, 11) is 0. The lowest BCUT2D eigenvalue weighted by atomic mass is 10.2.